The number of nitriles is 1. The van der Waals surface area contributed by atoms with Crippen LogP contribution in [-0.2, 0) is 11.3 Å². The lowest BCUT2D eigenvalue weighted by Crippen LogP contribution is -2.32. The molecule has 2 N–H and O–H groups in total. The highest BCUT2D eigenvalue weighted by Crippen LogP contribution is 2.27. The van der Waals surface area contributed by atoms with E-state index in [9.17, 15) is 9.18 Å². The van der Waals surface area contributed by atoms with E-state index in [1.807, 2.05) is 0 Å². The Morgan fingerprint density at radius 1 is 1.50 bits per heavy atom. The molecule has 2 aromatic rings. The second kappa shape index (κ2) is 6.89. The first-order chi connectivity index (χ1) is 11.2. The molecule has 1 amide bonds. The Kier molecular flexibility index (Phi) is 5.10. The number of ether oxygens (including phenoxy) is 1. The predicted octanol–water partition coefficient (Wildman–Crippen LogP) is 3.77. The molecule has 126 valence electrons. The number of benzene rings is 1. The molecule has 0 bridgehead atoms. The van der Waals surface area contributed by atoms with Crippen molar-refractivity contribution in [1.82, 2.24) is 15.3 Å². The molecular formula is C16H16ClFN4O2. The number of H-pyrrole nitrogens is 1. The normalized spacial score (nSPS) is 11.0. The number of halogens is 2. The predicted molar refractivity (Wildman–Crippen MR) is 86.8 cm³/mol. The summed E-state index contributed by atoms with van der Waals surface area (Å²) in [5.74, 6) is -0.256. The molecule has 0 saturated carbocycles. The molecule has 0 aliphatic carbocycles. The van der Waals surface area contributed by atoms with Gasteiger partial charge in [-0.15, -0.1) is 0 Å². The van der Waals surface area contributed by atoms with Gasteiger partial charge in [-0.05, 0) is 32.9 Å². The van der Waals surface area contributed by atoms with Crippen molar-refractivity contribution in [1.29, 1.82) is 5.26 Å². The smallest absolute Gasteiger partial charge is 0.408 e. The number of aromatic amines is 1. The highest BCUT2D eigenvalue weighted by molar-refractivity contribution is 6.31. The number of nitrogens with one attached hydrogen (secondary N) is 2. The number of carbonyl (C=O) groups is 1. The van der Waals surface area contributed by atoms with E-state index in [0.29, 0.717) is 17.1 Å². The maximum atomic E-state index is 13.7. The second-order valence-corrected chi connectivity index (χ2v) is 6.39. The summed E-state index contributed by atoms with van der Waals surface area (Å²) in [6.45, 7) is 5.35. The molecule has 0 saturated heterocycles. The fourth-order valence-electron chi connectivity index (χ4n) is 1.90. The Balaban J connectivity index is 2.12. The Labute approximate surface area is 143 Å². The number of aromatic nitrogens is 2. The van der Waals surface area contributed by atoms with Crippen molar-refractivity contribution < 1.29 is 13.9 Å². The highest BCUT2D eigenvalue weighted by atomic mass is 35.5. The summed E-state index contributed by atoms with van der Waals surface area (Å²) in [6, 6.07) is 5.84. The maximum Gasteiger partial charge on any atom is 0.408 e. The Bertz CT molecular complexity index is 805. The monoisotopic (exact) mass is 350 g/mol. The topological polar surface area (TPSA) is 90.8 Å². The number of carbonyl (C=O) groups excluding carboxylic acids is 1. The number of rotatable bonds is 3. The summed E-state index contributed by atoms with van der Waals surface area (Å²) in [5, 5.41) is 11.5. The average Bonchev–Trinajstić information content (AvgIpc) is 2.84. The third-order valence-electron chi connectivity index (χ3n) is 2.87. The van der Waals surface area contributed by atoms with Crippen molar-refractivity contribution >= 4 is 17.7 Å². The van der Waals surface area contributed by atoms with Crippen molar-refractivity contribution in [2.75, 3.05) is 0 Å². The lowest BCUT2D eigenvalue weighted by molar-refractivity contribution is 0.0522. The van der Waals surface area contributed by atoms with Gasteiger partial charge in [0, 0.05) is 5.56 Å². The van der Waals surface area contributed by atoms with Crippen LogP contribution in [0.4, 0.5) is 9.18 Å². The Morgan fingerprint density at radius 3 is 2.79 bits per heavy atom. The van der Waals surface area contributed by atoms with Gasteiger partial charge >= 0.3 is 6.09 Å². The third-order valence-corrected chi connectivity index (χ3v) is 3.14. The van der Waals surface area contributed by atoms with Crippen LogP contribution in [0.3, 0.4) is 0 Å². The van der Waals surface area contributed by atoms with E-state index in [1.165, 1.54) is 12.1 Å². The molecule has 0 atom stereocenters. The number of amides is 1. The average molecular weight is 351 g/mol. The SMILES string of the molecule is CC(C)(C)OC(=O)NCc1nc(-c2ccc(C#N)c(F)c2)c(Cl)[nH]1. The molecule has 6 nitrogen and oxygen atoms in total. The van der Waals surface area contributed by atoms with Crippen LogP contribution in [0.15, 0.2) is 18.2 Å². The van der Waals surface area contributed by atoms with Crippen molar-refractivity contribution in [3.05, 3.63) is 40.6 Å². The van der Waals surface area contributed by atoms with E-state index in [2.05, 4.69) is 15.3 Å². The van der Waals surface area contributed by atoms with Crippen LogP contribution in [0.25, 0.3) is 11.3 Å². The Hall–Kier alpha value is -2.59. The summed E-state index contributed by atoms with van der Waals surface area (Å²) in [6.07, 6.45) is -0.582. The Morgan fingerprint density at radius 2 is 2.21 bits per heavy atom. The molecule has 0 aliphatic heterocycles. The second-order valence-electron chi connectivity index (χ2n) is 6.01. The van der Waals surface area contributed by atoms with Crippen LogP contribution in [0.1, 0.15) is 32.2 Å². The van der Waals surface area contributed by atoms with Crippen molar-refractivity contribution in [2.24, 2.45) is 0 Å². The van der Waals surface area contributed by atoms with Gasteiger partial charge in [-0.1, -0.05) is 17.7 Å². The lowest BCUT2D eigenvalue weighted by Gasteiger charge is -2.19. The van der Waals surface area contributed by atoms with Crippen molar-refractivity contribution in [3.63, 3.8) is 0 Å². The van der Waals surface area contributed by atoms with Crippen LogP contribution in [0.2, 0.25) is 5.15 Å². The van der Waals surface area contributed by atoms with E-state index >= 15 is 0 Å². The molecule has 1 aromatic carbocycles. The minimum atomic E-state index is -0.650. The van der Waals surface area contributed by atoms with Gasteiger partial charge in [0.05, 0.1) is 12.1 Å². The molecular weight excluding hydrogens is 335 g/mol. The van der Waals surface area contributed by atoms with Gasteiger partial charge < -0.3 is 15.0 Å². The standard InChI is InChI=1S/C16H16ClFN4O2/c1-16(2,3)24-15(23)20-8-12-21-13(14(17)22-12)9-4-5-10(7-19)11(18)6-9/h4-6H,8H2,1-3H3,(H,20,23)(H,21,22). The van der Waals surface area contributed by atoms with Gasteiger partial charge in [0.25, 0.3) is 0 Å². The van der Waals surface area contributed by atoms with E-state index in [-0.39, 0.29) is 17.3 Å². The molecule has 8 heteroatoms. The van der Waals surface area contributed by atoms with E-state index < -0.39 is 17.5 Å². The first kappa shape index (κ1) is 17.8. The molecule has 24 heavy (non-hydrogen) atoms. The zero-order valence-electron chi connectivity index (χ0n) is 13.4. The fraction of sp³-hybridized carbons (Fsp3) is 0.312. The first-order valence-corrected chi connectivity index (χ1v) is 7.48. The minimum Gasteiger partial charge on any atom is -0.444 e. The van der Waals surface area contributed by atoms with Gasteiger partial charge in [0.2, 0.25) is 0 Å². The van der Waals surface area contributed by atoms with Crippen LogP contribution >= 0.6 is 11.6 Å². The zero-order chi connectivity index (χ0) is 17.9. The fourth-order valence-corrected chi connectivity index (χ4v) is 2.16. The number of imidazole rings is 1. The van der Waals surface area contributed by atoms with Crippen LogP contribution in [0.5, 0.6) is 0 Å². The van der Waals surface area contributed by atoms with Crippen molar-refractivity contribution in [3.8, 4) is 17.3 Å². The minimum absolute atomic E-state index is 0.0581. The van der Waals surface area contributed by atoms with E-state index in [1.54, 1.807) is 32.9 Å². The number of hydrogen-bond acceptors (Lipinski definition) is 4. The van der Waals surface area contributed by atoms with Gasteiger partial charge in [-0.25, -0.2) is 14.2 Å². The number of nitrogens with zero attached hydrogens (tertiary/aromatic N) is 2. The molecule has 0 radical (unpaired) electrons. The summed E-state index contributed by atoms with van der Waals surface area (Å²) >= 11 is 6.08. The molecule has 0 fully saturated rings. The summed E-state index contributed by atoms with van der Waals surface area (Å²) in [7, 11) is 0. The summed E-state index contributed by atoms with van der Waals surface area (Å²) < 4.78 is 18.8. The molecule has 1 aromatic heterocycles. The largest absolute Gasteiger partial charge is 0.444 e. The zero-order valence-corrected chi connectivity index (χ0v) is 14.2. The summed E-state index contributed by atoms with van der Waals surface area (Å²) in [5.41, 5.74) is 0.102. The van der Waals surface area contributed by atoms with Crippen molar-refractivity contribution in [2.45, 2.75) is 32.9 Å². The summed E-state index contributed by atoms with van der Waals surface area (Å²) in [4.78, 5) is 18.7. The lowest BCUT2D eigenvalue weighted by atomic mass is 10.1. The van der Waals surface area contributed by atoms with Gasteiger partial charge in [0.15, 0.2) is 0 Å². The van der Waals surface area contributed by atoms with Crippen LogP contribution < -0.4 is 5.32 Å². The van der Waals surface area contributed by atoms with Gasteiger partial charge in [-0.3, -0.25) is 0 Å². The highest BCUT2D eigenvalue weighted by Gasteiger charge is 2.17. The molecule has 2 rings (SSSR count). The molecule has 1 heterocycles. The van der Waals surface area contributed by atoms with Crippen LogP contribution in [0, 0.1) is 17.1 Å². The molecule has 0 aliphatic rings. The van der Waals surface area contributed by atoms with Gasteiger partial charge in [-0.2, -0.15) is 5.26 Å². The van der Waals surface area contributed by atoms with E-state index in [4.69, 9.17) is 21.6 Å². The van der Waals surface area contributed by atoms with Crippen LogP contribution in [-0.4, -0.2) is 21.7 Å². The third kappa shape index (κ3) is 4.46. The number of hydrogen-bond donors (Lipinski definition) is 2. The van der Waals surface area contributed by atoms with Gasteiger partial charge in [0.1, 0.15) is 34.2 Å². The molecule has 0 spiro atoms. The van der Waals surface area contributed by atoms with E-state index in [0.717, 1.165) is 0 Å². The quantitative estimate of drug-likeness (QED) is 0.881. The first-order valence-electron chi connectivity index (χ1n) is 7.11. The number of alkyl carbamates (subject to hydrolysis) is 1. The molecule has 0 unspecified atom stereocenters. The maximum absolute atomic E-state index is 13.7.